The van der Waals surface area contributed by atoms with Crippen LogP contribution in [0.1, 0.15) is 11.1 Å². The Balaban J connectivity index is 1.69. The lowest BCUT2D eigenvalue weighted by Gasteiger charge is -2.09. The number of phenols is 1. The number of aliphatic imine (C=N–C) groups is 1. The summed E-state index contributed by atoms with van der Waals surface area (Å²) in [4.78, 5) is 9.06. The van der Waals surface area contributed by atoms with Gasteiger partial charge in [-0.3, -0.25) is 4.99 Å². The van der Waals surface area contributed by atoms with Crippen LogP contribution in [0, 0.1) is 6.92 Å². The molecule has 0 bridgehead atoms. The summed E-state index contributed by atoms with van der Waals surface area (Å²) in [5.74, 6) is 0.935. The van der Waals surface area contributed by atoms with Crippen molar-refractivity contribution in [2.24, 2.45) is 4.99 Å². The molecule has 0 fully saturated rings. The van der Waals surface area contributed by atoms with Crippen molar-refractivity contribution in [1.29, 1.82) is 0 Å². The zero-order valence-electron chi connectivity index (χ0n) is 15.6. The highest BCUT2D eigenvalue weighted by Gasteiger charge is 2.14. The SMILES string of the molecule is COc1cc(Br)c(Br)c(C=Nc2ccc3oc(-c4ccc(C)cc4)nc3c2)c1O. The van der Waals surface area contributed by atoms with Gasteiger partial charge in [0.25, 0.3) is 0 Å². The first-order valence-corrected chi connectivity index (χ1v) is 10.3. The van der Waals surface area contributed by atoms with Crippen LogP contribution in [0.3, 0.4) is 0 Å². The molecule has 3 aromatic carbocycles. The molecule has 1 heterocycles. The van der Waals surface area contributed by atoms with Gasteiger partial charge in [0.05, 0.1) is 18.4 Å². The molecular weight excluding hydrogens is 500 g/mol. The van der Waals surface area contributed by atoms with Crippen molar-refractivity contribution >= 4 is 54.9 Å². The number of aromatic hydroxyl groups is 1. The van der Waals surface area contributed by atoms with Crippen LogP contribution in [0.2, 0.25) is 0 Å². The third-order valence-corrected chi connectivity index (χ3v) is 6.44. The van der Waals surface area contributed by atoms with Gasteiger partial charge in [-0.1, -0.05) is 17.7 Å². The van der Waals surface area contributed by atoms with Crippen molar-refractivity contribution in [3.05, 3.63) is 68.6 Å². The number of ether oxygens (including phenoxy) is 1. The van der Waals surface area contributed by atoms with Crippen LogP contribution < -0.4 is 4.74 Å². The number of nitrogens with zero attached hydrogens (tertiary/aromatic N) is 2. The molecular formula is C22H16Br2N2O3. The van der Waals surface area contributed by atoms with E-state index < -0.39 is 0 Å². The molecule has 1 aromatic heterocycles. The highest BCUT2D eigenvalue weighted by Crippen LogP contribution is 2.39. The van der Waals surface area contributed by atoms with E-state index >= 15 is 0 Å². The lowest BCUT2D eigenvalue weighted by Crippen LogP contribution is -1.91. The van der Waals surface area contributed by atoms with Crippen LogP contribution in [0.4, 0.5) is 5.69 Å². The Kier molecular flexibility index (Phi) is 5.43. The van der Waals surface area contributed by atoms with E-state index in [-0.39, 0.29) is 5.75 Å². The molecule has 0 radical (unpaired) electrons. The molecule has 0 atom stereocenters. The molecule has 7 heteroatoms. The highest BCUT2D eigenvalue weighted by atomic mass is 79.9. The predicted octanol–water partition coefficient (Wildman–Crippen LogP) is 6.79. The van der Waals surface area contributed by atoms with Crippen molar-refractivity contribution < 1.29 is 14.3 Å². The number of phenolic OH excluding ortho intramolecular Hbond substituents is 1. The van der Waals surface area contributed by atoms with E-state index in [2.05, 4.69) is 41.8 Å². The zero-order valence-corrected chi connectivity index (χ0v) is 18.8. The van der Waals surface area contributed by atoms with Crippen LogP contribution in [0.5, 0.6) is 11.5 Å². The smallest absolute Gasteiger partial charge is 0.227 e. The lowest BCUT2D eigenvalue weighted by atomic mass is 10.1. The number of aryl methyl sites for hydroxylation is 1. The van der Waals surface area contributed by atoms with Gasteiger partial charge in [-0.15, -0.1) is 0 Å². The molecule has 0 saturated carbocycles. The Morgan fingerprint density at radius 3 is 2.59 bits per heavy atom. The summed E-state index contributed by atoms with van der Waals surface area (Å²) < 4.78 is 12.5. The van der Waals surface area contributed by atoms with Gasteiger partial charge >= 0.3 is 0 Å². The number of fused-ring (bicyclic) bond motifs is 1. The molecule has 4 rings (SSSR count). The summed E-state index contributed by atoms with van der Waals surface area (Å²) in [6, 6.07) is 15.2. The Morgan fingerprint density at radius 2 is 1.86 bits per heavy atom. The van der Waals surface area contributed by atoms with Gasteiger partial charge in [0.2, 0.25) is 5.89 Å². The molecule has 0 unspecified atom stereocenters. The number of methoxy groups -OCH3 is 1. The minimum Gasteiger partial charge on any atom is -0.504 e. The molecule has 29 heavy (non-hydrogen) atoms. The van der Waals surface area contributed by atoms with E-state index in [1.165, 1.54) is 12.7 Å². The van der Waals surface area contributed by atoms with Gasteiger partial charge in [-0.2, -0.15) is 0 Å². The second-order valence-corrected chi connectivity index (χ2v) is 8.08. The quantitative estimate of drug-likeness (QED) is 0.304. The van der Waals surface area contributed by atoms with Crippen LogP contribution in [-0.2, 0) is 0 Å². The second-order valence-electron chi connectivity index (χ2n) is 6.43. The number of halogens is 2. The lowest BCUT2D eigenvalue weighted by molar-refractivity contribution is 0.372. The Morgan fingerprint density at radius 1 is 1.10 bits per heavy atom. The second kappa shape index (κ2) is 8.00. The number of hydrogen-bond acceptors (Lipinski definition) is 5. The molecule has 0 aliphatic heterocycles. The Bertz CT molecular complexity index is 1230. The first kappa shape index (κ1) is 19.7. The molecule has 0 amide bonds. The van der Waals surface area contributed by atoms with E-state index in [4.69, 9.17) is 9.15 Å². The standard InChI is InChI=1S/C22H16Br2N2O3/c1-12-3-5-13(6-4-12)22-26-17-9-14(7-8-18(17)29-22)25-11-15-20(24)16(23)10-19(28-2)21(15)27/h3-11,27H,1-2H3. The highest BCUT2D eigenvalue weighted by molar-refractivity contribution is 9.13. The molecule has 146 valence electrons. The molecule has 4 aromatic rings. The number of benzene rings is 3. The average molecular weight is 516 g/mol. The fourth-order valence-electron chi connectivity index (χ4n) is 2.84. The van der Waals surface area contributed by atoms with E-state index in [1.54, 1.807) is 12.3 Å². The van der Waals surface area contributed by atoms with Gasteiger partial charge in [-0.05, 0) is 75.2 Å². The van der Waals surface area contributed by atoms with E-state index in [9.17, 15) is 5.11 Å². The molecule has 0 aliphatic rings. The van der Waals surface area contributed by atoms with E-state index in [0.29, 0.717) is 38.5 Å². The minimum absolute atomic E-state index is 0.00972. The van der Waals surface area contributed by atoms with Crippen molar-refractivity contribution in [1.82, 2.24) is 4.98 Å². The van der Waals surface area contributed by atoms with Gasteiger partial charge in [-0.25, -0.2) is 4.98 Å². The Hall–Kier alpha value is -2.64. The minimum atomic E-state index is 0.00972. The first-order chi connectivity index (χ1) is 14.0. The maximum absolute atomic E-state index is 10.4. The van der Waals surface area contributed by atoms with Crippen molar-refractivity contribution in [3.63, 3.8) is 0 Å². The summed E-state index contributed by atoms with van der Waals surface area (Å²) in [6.07, 6.45) is 1.58. The number of hydrogen-bond donors (Lipinski definition) is 1. The van der Waals surface area contributed by atoms with Crippen LogP contribution >= 0.6 is 31.9 Å². The largest absolute Gasteiger partial charge is 0.504 e. The van der Waals surface area contributed by atoms with Crippen molar-refractivity contribution in [3.8, 4) is 23.0 Å². The van der Waals surface area contributed by atoms with Gasteiger partial charge in [0.15, 0.2) is 17.1 Å². The van der Waals surface area contributed by atoms with E-state index in [0.717, 1.165) is 10.0 Å². The third-order valence-electron chi connectivity index (χ3n) is 4.42. The summed E-state index contributed by atoms with van der Waals surface area (Å²) in [6.45, 7) is 2.04. The van der Waals surface area contributed by atoms with Crippen LogP contribution in [-0.4, -0.2) is 23.4 Å². The third kappa shape index (κ3) is 3.93. The fourth-order valence-corrected chi connectivity index (χ4v) is 3.67. The van der Waals surface area contributed by atoms with Crippen molar-refractivity contribution in [2.75, 3.05) is 7.11 Å². The number of oxazole rings is 1. The van der Waals surface area contributed by atoms with Crippen molar-refractivity contribution in [2.45, 2.75) is 6.92 Å². The van der Waals surface area contributed by atoms with E-state index in [1.807, 2.05) is 49.4 Å². The topological polar surface area (TPSA) is 67.9 Å². The summed E-state index contributed by atoms with van der Waals surface area (Å²) in [5, 5.41) is 10.4. The molecule has 1 N–H and O–H groups in total. The molecule has 0 spiro atoms. The predicted molar refractivity (Wildman–Crippen MR) is 121 cm³/mol. The van der Waals surface area contributed by atoms with Gasteiger partial charge in [0.1, 0.15) is 5.52 Å². The average Bonchev–Trinajstić information content (AvgIpc) is 3.14. The monoisotopic (exact) mass is 514 g/mol. The van der Waals surface area contributed by atoms with Gasteiger partial charge in [0, 0.05) is 20.7 Å². The molecule has 0 aliphatic carbocycles. The van der Waals surface area contributed by atoms with Crippen LogP contribution in [0.25, 0.3) is 22.6 Å². The fraction of sp³-hybridized carbons (Fsp3) is 0.0909. The first-order valence-electron chi connectivity index (χ1n) is 8.73. The van der Waals surface area contributed by atoms with Crippen LogP contribution in [0.15, 0.2) is 66.9 Å². The normalized spacial score (nSPS) is 11.4. The summed E-state index contributed by atoms with van der Waals surface area (Å²) >= 11 is 6.90. The number of rotatable bonds is 4. The maximum atomic E-state index is 10.4. The van der Waals surface area contributed by atoms with Gasteiger partial charge < -0.3 is 14.3 Å². The zero-order chi connectivity index (χ0) is 20.5. The molecule has 5 nitrogen and oxygen atoms in total. The summed E-state index contributed by atoms with van der Waals surface area (Å²) in [7, 11) is 1.50. The molecule has 0 saturated heterocycles. The number of aromatic nitrogens is 1. The summed E-state index contributed by atoms with van der Waals surface area (Å²) in [5.41, 5.74) is 4.70. The Labute approximate surface area is 184 Å². The maximum Gasteiger partial charge on any atom is 0.227 e.